The number of hydrogen-bond donors (Lipinski definition) is 1. The van der Waals surface area contributed by atoms with Crippen molar-refractivity contribution in [3.8, 4) is 5.75 Å². The minimum absolute atomic E-state index is 0.237. The highest BCUT2D eigenvalue weighted by Crippen LogP contribution is 2.28. The fourth-order valence-corrected chi connectivity index (χ4v) is 2.55. The SMILES string of the molecule is COC(CNC(=O)[C@H](C)Oc1ccc(Br)cc1Br)OC. The molecule has 7 heteroatoms. The molecule has 0 aromatic heterocycles. The second kappa shape index (κ2) is 8.61. The van der Waals surface area contributed by atoms with E-state index in [-0.39, 0.29) is 12.5 Å². The van der Waals surface area contributed by atoms with E-state index in [1.165, 1.54) is 14.2 Å². The van der Waals surface area contributed by atoms with Gasteiger partial charge in [-0.25, -0.2) is 0 Å². The zero-order chi connectivity index (χ0) is 15.1. The monoisotopic (exact) mass is 409 g/mol. The molecule has 1 rings (SSSR count). The Morgan fingerprint density at radius 2 is 1.95 bits per heavy atom. The maximum Gasteiger partial charge on any atom is 0.260 e. The van der Waals surface area contributed by atoms with Crippen LogP contribution in [0.1, 0.15) is 6.92 Å². The first-order valence-corrected chi connectivity index (χ1v) is 7.51. The molecule has 0 saturated heterocycles. The van der Waals surface area contributed by atoms with E-state index in [1.54, 1.807) is 13.0 Å². The van der Waals surface area contributed by atoms with Gasteiger partial charge in [-0.1, -0.05) is 15.9 Å². The van der Waals surface area contributed by atoms with E-state index in [9.17, 15) is 4.79 Å². The Hall–Kier alpha value is -0.630. The molecular weight excluding hydrogens is 394 g/mol. The zero-order valence-electron chi connectivity index (χ0n) is 11.5. The number of carbonyl (C=O) groups is 1. The summed E-state index contributed by atoms with van der Waals surface area (Å²) in [6.45, 7) is 1.94. The van der Waals surface area contributed by atoms with E-state index >= 15 is 0 Å². The molecule has 1 atom stereocenters. The molecule has 0 aliphatic rings. The topological polar surface area (TPSA) is 56.8 Å². The maximum absolute atomic E-state index is 11.9. The molecule has 0 heterocycles. The second-order valence-electron chi connectivity index (χ2n) is 3.98. The van der Waals surface area contributed by atoms with Crippen molar-refractivity contribution < 1.29 is 19.0 Å². The van der Waals surface area contributed by atoms with Crippen LogP contribution in [0.15, 0.2) is 27.1 Å². The van der Waals surface area contributed by atoms with Gasteiger partial charge in [-0.2, -0.15) is 0 Å². The van der Waals surface area contributed by atoms with Crippen LogP contribution in [0.3, 0.4) is 0 Å². The fourth-order valence-electron chi connectivity index (χ4n) is 1.41. The minimum Gasteiger partial charge on any atom is -0.480 e. The summed E-state index contributed by atoms with van der Waals surface area (Å²) in [6, 6.07) is 5.48. The third-order valence-corrected chi connectivity index (χ3v) is 3.65. The van der Waals surface area contributed by atoms with Crippen LogP contribution >= 0.6 is 31.9 Å². The molecule has 0 bridgehead atoms. The zero-order valence-corrected chi connectivity index (χ0v) is 14.7. The van der Waals surface area contributed by atoms with Crippen LogP contribution in [0, 0.1) is 0 Å². The van der Waals surface area contributed by atoms with Gasteiger partial charge in [-0.15, -0.1) is 0 Å². The Kier molecular flexibility index (Phi) is 7.50. The Bertz CT molecular complexity index is 452. The first kappa shape index (κ1) is 17.4. The number of hydrogen-bond acceptors (Lipinski definition) is 4. The first-order valence-electron chi connectivity index (χ1n) is 5.93. The summed E-state index contributed by atoms with van der Waals surface area (Å²) in [5.74, 6) is 0.366. The number of benzene rings is 1. The summed E-state index contributed by atoms with van der Waals surface area (Å²) < 4.78 is 17.3. The van der Waals surface area contributed by atoms with Crippen LogP contribution in [0.5, 0.6) is 5.75 Å². The third-order valence-electron chi connectivity index (χ3n) is 2.54. The summed E-state index contributed by atoms with van der Waals surface area (Å²) in [4.78, 5) is 11.9. The van der Waals surface area contributed by atoms with Gasteiger partial charge in [0.25, 0.3) is 5.91 Å². The van der Waals surface area contributed by atoms with Crippen molar-refractivity contribution in [3.63, 3.8) is 0 Å². The van der Waals surface area contributed by atoms with Crippen LogP contribution in [-0.2, 0) is 14.3 Å². The van der Waals surface area contributed by atoms with Gasteiger partial charge in [0.1, 0.15) is 5.75 Å². The highest BCUT2D eigenvalue weighted by atomic mass is 79.9. The molecule has 5 nitrogen and oxygen atoms in total. The standard InChI is InChI=1S/C13H17Br2NO4/c1-8(13(17)16-7-12(18-2)19-3)20-11-5-4-9(14)6-10(11)15/h4-6,8,12H,7H2,1-3H3,(H,16,17)/t8-/m0/s1. The molecule has 1 aromatic carbocycles. The number of nitrogens with one attached hydrogen (secondary N) is 1. The quantitative estimate of drug-likeness (QED) is 0.702. The number of carbonyl (C=O) groups excluding carboxylic acids is 1. The largest absolute Gasteiger partial charge is 0.480 e. The van der Waals surface area contributed by atoms with Crippen molar-refractivity contribution >= 4 is 37.8 Å². The lowest BCUT2D eigenvalue weighted by Crippen LogP contribution is -2.41. The molecular formula is C13H17Br2NO4. The number of halogens is 2. The molecule has 0 aliphatic carbocycles. The number of methoxy groups -OCH3 is 2. The van der Waals surface area contributed by atoms with E-state index in [0.29, 0.717) is 5.75 Å². The number of ether oxygens (including phenoxy) is 3. The highest BCUT2D eigenvalue weighted by molar-refractivity contribution is 9.11. The molecule has 0 spiro atoms. The van der Waals surface area contributed by atoms with Crippen molar-refractivity contribution in [1.82, 2.24) is 5.32 Å². The van der Waals surface area contributed by atoms with Crippen LogP contribution < -0.4 is 10.1 Å². The average Bonchev–Trinajstić information content (AvgIpc) is 2.42. The Morgan fingerprint density at radius 3 is 2.50 bits per heavy atom. The summed E-state index contributed by atoms with van der Waals surface area (Å²) in [6.07, 6.45) is -1.09. The van der Waals surface area contributed by atoms with E-state index in [2.05, 4.69) is 37.2 Å². The summed E-state index contributed by atoms with van der Waals surface area (Å²) in [7, 11) is 3.03. The van der Waals surface area contributed by atoms with Gasteiger partial charge in [-0.3, -0.25) is 4.79 Å². The van der Waals surface area contributed by atoms with E-state index in [0.717, 1.165) is 8.95 Å². The van der Waals surface area contributed by atoms with E-state index in [1.807, 2.05) is 12.1 Å². The minimum atomic E-state index is -0.623. The molecule has 1 amide bonds. The Balaban J connectivity index is 2.53. The van der Waals surface area contributed by atoms with Gasteiger partial charge in [0.15, 0.2) is 12.4 Å². The van der Waals surface area contributed by atoms with E-state index in [4.69, 9.17) is 14.2 Å². The number of amides is 1. The van der Waals surface area contributed by atoms with Crippen LogP contribution in [-0.4, -0.2) is 39.1 Å². The highest BCUT2D eigenvalue weighted by Gasteiger charge is 2.17. The van der Waals surface area contributed by atoms with Gasteiger partial charge in [-0.05, 0) is 41.1 Å². The molecule has 112 valence electrons. The third kappa shape index (κ3) is 5.40. The molecule has 0 radical (unpaired) electrons. The smallest absolute Gasteiger partial charge is 0.260 e. The predicted molar refractivity (Wildman–Crippen MR) is 82.7 cm³/mol. The summed E-state index contributed by atoms with van der Waals surface area (Å²) >= 11 is 6.74. The normalized spacial score (nSPS) is 12.3. The molecule has 1 aromatic rings. The average molecular weight is 411 g/mol. The van der Waals surface area contributed by atoms with Crippen LogP contribution in [0.2, 0.25) is 0 Å². The first-order chi connectivity index (χ1) is 9.47. The fraction of sp³-hybridized carbons (Fsp3) is 0.462. The summed E-state index contributed by atoms with van der Waals surface area (Å²) in [5, 5.41) is 2.70. The van der Waals surface area contributed by atoms with E-state index < -0.39 is 12.4 Å². The van der Waals surface area contributed by atoms with Crippen LogP contribution in [0.25, 0.3) is 0 Å². The van der Waals surface area contributed by atoms with Crippen molar-refractivity contribution in [2.75, 3.05) is 20.8 Å². The van der Waals surface area contributed by atoms with Gasteiger partial charge in [0, 0.05) is 18.7 Å². The van der Waals surface area contributed by atoms with Gasteiger partial charge >= 0.3 is 0 Å². The predicted octanol–water partition coefficient (Wildman–Crippen LogP) is 2.71. The van der Waals surface area contributed by atoms with Gasteiger partial charge in [0.05, 0.1) is 11.0 Å². The molecule has 0 saturated carbocycles. The van der Waals surface area contributed by atoms with Crippen molar-refractivity contribution in [3.05, 3.63) is 27.1 Å². The molecule has 0 aliphatic heterocycles. The summed E-state index contributed by atoms with van der Waals surface area (Å²) in [5.41, 5.74) is 0. The Labute approximate surface area is 135 Å². The molecule has 0 unspecified atom stereocenters. The van der Waals surface area contributed by atoms with Crippen molar-refractivity contribution in [1.29, 1.82) is 0 Å². The van der Waals surface area contributed by atoms with Gasteiger partial charge < -0.3 is 19.5 Å². The molecule has 20 heavy (non-hydrogen) atoms. The lowest BCUT2D eigenvalue weighted by molar-refractivity contribution is -0.132. The number of rotatable bonds is 7. The lowest BCUT2D eigenvalue weighted by atomic mass is 10.3. The van der Waals surface area contributed by atoms with Crippen molar-refractivity contribution in [2.45, 2.75) is 19.3 Å². The second-order valence-corrected chi connectivity index (χ2v) is 5.75. The maximum atomic E-state index is 11.9. The Morgan fingerprint density at radius 1 is 1.30 bits per heavy atom. The lowest BCUT2D eigenvalue weighted by Gasteiger charge is -2.18. The van der Waals surface area contributed by atoms with Gasteiger partial charge in [0.2, 0.25) is 0 Å². The van der Waals surface area contributed by atoms with Crippen molar-refractivity contribution in [2.24, 2.45) is 0 Å². The molecule has 1 N–H and O–H groups in total. The van der Waals surface area contributed by atoms with Crippen LogP contribution in [0.4, 0.5) is 0 Å². The molecule has 0 fully saturated rings.